The van der Waals surface area contributed by atoms with Crippen molar-refractivity contribution in [1.29, 1.82) is 0 Å². The maximum atomic E-state index is 12.0. The van der Waals surface area contributed by atoms with Gasteiger partial charge in [-0.1, -0.05) is 15.9 Å². The summed E-state index contributed by atoms with van der Waals surface area (Å²) < 4.78 is 11.5. The van der Waals surface area contributed by atoms with Crippen molar-refractivity contribution in [3.8, 4) is 0 Å². The zero-order valence-corrected chi connectivity index (χ0v) is 13.8. The Morgan fingerprint density at radius 3 is 2.47 bits per heavy atom. The minimum Gasteiger partial charge on any atom is -0.444 e. The van der Waals surface area contributed by atoms with E-state index in [2.05, 4.69) is 22.9 Å². The summed E-state index contributed by atoms with van der Waals surface area (Å²) in [4.78, 5) is 13.9. The van der Waals surface area contributed by atoms with Crippen LogP contribution in [0.2, 0.25) is 0 Å². The molecular weight excluding hydrogens is 310 g/mol. The standard InChI is InChI=1S/C14H24BrNO3/c1-9(10-5-6-10)18-12-8-16(7-11(12)15)13(17)19-14(2,3)4/h9-12H,5-8H2,1-4H3. The molecule has 0 bridgehead atoms. The number of carbonyl (C=O) groups excluding carboxylic acids is 1. The van der Waals surface area contributed by atoms with Gasteiger partial charge in [0.05, 0.1) is 23.6 Å². The maximum Gasteiger partial charge on any atom is 0.410 e. The maximum absolute atomic E-state index is 12.0. The molecule has 4 nitrogen and oxygen atoms in total. The highest BCUT2D eigenvalue weighted by Crippen LogP contribution is 2.36. The van der Waals surface area contributed by atoms with Crippen LogP contribution >= 0.6 is 15.9 Å². The van der Waals surface area contributed by atoms with E-state index in [1.54, 1.807) is 4.90 Å². The molecule has 2 aliphatic rings. The summed E-state index contributed by atoms with van der Waals surface area (Å²) in [5.74, 6) is 0.718. The van der Waals surface area contributed by atoms with Gasteiger partial charge in [-0.25, -0.2) is 4.79 Å². The number of likely N-dealkylation sites (tertiary alicyclic amines) is 1. The molecule has 0 aromatic rings. The van der Waals surface area contributed by atoms with Gasteiger partial charge in [0.1, 0.15) is 5.60 Å². The average Bonchev–Trinajstić information content (AvgIpc) is 3.03. The first-order valence-electron chi connectivity index (χ1n) is 7.04. The van der Waals surface area contributed by atoms with Gasteiger partial charge >= 0.3 is 6.09 Å². The molecule has 1 heterocycles. The summed E-state index contributed by atoms with van der Waals surface area (Å²) in [5, 5.41) is 0. The minimum atomic E-state index is -0.445. The largest absolute Gasteiger partial charge is 0.444 e. The van der Waals surface area contributed by atoms with Crippen molar-refractivity contribution in [2.24, 2.45) is 5.92 Å². The van der Waals surface area contributed by atoms with Crippen molar-refractivity contribution in [2.75, 3.05) is 13.1 Å². The zero-order valence-electron chi connectivity index (χ0n) is 12.2. The Bertz CT molecular complexity index is 338. The van der Waals surface area contributed by atoms with E-state index in [4.69, 9.17) is 9.47 Å². The van der Waals surface area contributed by atoms with E-state index in [1.165, 1.54) is 12.8 Å². The number of alkyl halides is 1. The van der Waals surface area contributed by atoms with Gasteiger partial charge in [0.15, 0.2) is 0 Å². The van der Waals surface area contributed by atoms with Crippen molar-refractivity contribution < 1.29 is 14.3 Å². The molecule has 3 unspecified atom stereocenters. The smallest absolute Gasteiger partial charge is 0.410 e. The quantitative estimate of drug-likeness (QED) is 0.744. The van der Waals surface area contributed by atoms with E-state index >= 15 is 0 Å². The van der Waals surface area contributed by atoms with Crippen LogP contribution in [-0.2, 0) is 9.47 Å². The number of carbonyl (C=O) groups is 1. The Balaban J connectivity index is 1.84. The van der Waals surface area contributed by atoms with Crippen LogP contribution in [0.15, 0.2) is 0 Å². The number of ether oxygens (including phenoxy) is 2. The van der Waals surface area contributed by atoms with Gasteiger partial charge in [0.2, 0.25) is 0 Å². The number of rotatable bonds is 3. The van der Waals surface area contributed by atoms with E-state index < -0.39 is 5.60 Å². The molecule has 5 heteroatoms. The van der Waals surface area contributed by atoms with Crippen LogP contribution < -0.4 is 0 Å². The van der Waals surface area contributed by atoms with Gasteiger partial charge < -0.3 is 14.4 Å². The second-order valence-electron chi connectivity index (χ2n) is 6.62. The van der Waals surface area contributed by atoms with Crippen LogP contribution in [0, 0.1) is 5.92 Å². The molecule has 0 radical (unpaired) electrons. The Kier molecular flexibility index (Phi) is 4.45. The van der Waals surface area contributed by atoms with Crippen LogP contribution in [0.3, 0.4) is 0 Å². The molecule has 1 saturated heterocycles. The first kappa shape index (κ1) is 15.1. The third-order valence-corrected chi connectivity index (χ3v) is 4.40. The SMILES string of the molecule is CC(OC1CN(C(=O)OC(C)(C)C)CC1Br)C1CC1. The highest BCUT2D eigenvalue weighted by Gasteiger charge is 2.39. The molecule has 0 aromatic carbocycles. The number of nitrogens with zero attached hydrogens (tertiary/aromatic N) is 1. The highest BCUT2D eigenvalue weighted by atomic mass is 79.9. The summed E-state index contributed by atoms with van der Waals surface area (Å²) in [6.07, 6.45) is 2.67. The predicted molar refractivity (Wildman–Crippen MR) is 77.6 cm³/mol. The van der Waals surface area contributed by atoms with Crippen molar-refractivity contribution in [3.05, 3.63) is 0 Å². The van der Waals surface area contributed by atoms with Crippen molar-refractivity contribution in [1.82, 2.24) is 4.90 Å². The highest BCUT2D eigenvalue weighted by molar-refractivity contribution is 9.09. The molecule has 0 N–H and O–H groups in total. The molecule has 19 heavy (non-hydrogen) atoms. The molecule has 2 fully saturated rings. The van der Waals surface area contributed by atoms with Gasteiger partial charge in [-0.15, -0.1) is 0 Å². The van der Waals surface area contributed by atoms with Crippen molar-refractivity contribution in [2.45, 2.75) is 63.2 Å². The molecule has 1 aliphatic heterocycles. The molecule has 1 aliphatic carbocycles. The van der Waals surface area contributed by atoms with Crippen molar-refractivity contribution in [3.63, 3.8) is 0 Å². The Morgan fingerprint density at radius 2 is 1.95 bits per heavy atom. The Morgan fingerprint density at radius 1 is 1.32 bits per heavy atom. The summed E-state index contributed by atoms with van der Waals surface area (Å²) in [6, 6.07) is 0. The second-order valence-corrected chi connectivity index (χ2v) is 7.79. The fraction of sp³-hybridized carbons (Fsp3) is 0.929. The number of hydrogen-bond donors (Lipinski definition) is 0. The summed E-state index contributed by atoms with van der Waals surface area (Å²) in [7, 11) is 0. The van der Waals surface area contributed by atoms with Crippen LogP contribution in [0.1, 0.15) is 40.5 Å². The van der Waals surface area contributed by atoms with Gasteiger partial charge in [-0.05, 0) is 46.5 Å². The second kappa shape index (κ2) is 5.60. The van der Waals surface area contributed by atoms with Crippen LogP contribution in [-0.4, -0.2) is 46.7 Å². The lowest BCUT2D eigenvalue weighted by Gasteiger charge is -2.24. The molecule has 0 spiro atoms. The van der Waals surface area contributed by atoms with E-state index in [1.807, 2.05) is 20.8 Å². The Labute approximate surface area is 123 Å². The molecule has 0 aromatic heterocycles. The van der Waals surface area contributed by atoms with E-state index in [0.29, 0.717) is 19.2 Å². The normalized spacial score (nSPS) is 29.4. The number of halogens is 1. The van der Waals surface area contributed by atoms with Crippen molar-refractivity contribution >= 4 is 22.0 Å². The molecule has 110 valence electrons. The molecule has 3 atom stereocenters. The zero-order chi connectivity index (χ0) is 14.2. The summed E-state index contributed by atoms with van der Waals surface area (Å²) in [6.45, 7) is 9.05. The summed E-state index contributed by atoms with van der Waals surface area (Å²) >= 11 is 3.62. The van der Waals surface area contributed by atoms with Gasteiger partial charge in [0, 0.05) is 6.54 Å². The monoisotopic (exact) mass is 333 g/mol. The van der Waals surface area contributed by atoms with Crippen LogP contribution in [0.5, 0.6) is 0 Å². The first-order valence-corrected chi connectivity index (χ1v) is 7.95. The van der Waals surface area contributed by atoms with Crippen LogP contribution in [0.4, 0.5) is 4.79 Å². The van der Waals surface area contributed by atoms with E-state index in [-0.39, 0.29) is 17.0 Å². The van der Waals surface area contributed by atoms with Crippen LogP contribution in [0.25, 0.3) is 0 Å². The topological polar surface area (TPSA) is 38.8 Å². The molecule has 1 amide bonds. The predicted octanol–water partition coefficient (Wildman–Crippen LogP) is 3.18. The fourth-order valence-corrected chi connectivity index (χ4v) is 2.93. The lowest BCUT2D eigenvalue weighted by molar-refractivity contribution is -0.00973. The van der Waals surface area contributed by atoms with Gasteiger partial charge in [0.25, 0.3) is 0 Å². The molecule has 2 rings (SSSR count). The average molecular weight is 334 g/mol. The van der Waals surface area contributed by atoms with Gasteiger partial charge in [-0.2, -0.15) is 0 Å². The summed E-state index contributed by atoms with van der Waals surface area (Å²) in [5.41, 5.74) is -0.445. The number of hydrogen-bond acceptors (Lipinski definition) is 3. The first-order chi connectivity index (χ1) is 8.76. The minimum absolute atomic E-state index is 0.0723. The lowest BCUT2D eigenvalue weighted by Crippen LogP contribution is -2.36. The molecule has 1 saturated carbocycles. The lowest BCUT2D eigenvalue weighted by atomic mass is 10.2. The van der Waals surface area contributed by atoms with E-state index in [0.717, 1.165) is 5.92 Å². The molecular formula is C14H24BrNO3. The van der Waals surface area contributed by atoms with E-state index in [9.17, 15) is 4.79 Å². The third kappa shape index (κ3) is 4.35. The fourth-order valence-electron chi connectivity index (χ4n) is 2.29. The number of amides is 1. The Hall–Kier alpha value is -0.290. The van der Waals surface area contributed by atoms with Gasteiger partial charge in [-0.3, -0.25) is 0 Å². The third-order valence-electron chi connectivity index (χ3n) is 3.53.